The smallest absolute Gasteiger partial charge is 0.338 e. The van der Waals surface area contributed by atoms with Gasteiger partial charge < -0.3 is 14.0 Å². The van der Waals surface area contributed by atoms with Crippen molar-refractivity contribution in [2.75, 3.05) is 0 Å². The van der Waals surface area contributed by atoms with Crippen LogP contribution in [0.25, 0.3) is 0 Å². The van der Waals surface area contributed by atoms with Crippen LogP contribution in [0.2, 0.25) is 0 Å². The molecule has 0 fully saturated rings. The highest BCUT2D eigenvalue weighted by Crippen LogP contribution is 2.23. The molecule has 0 aliphatic rings. The quantitative estimate of drug-likeness (QED) is 0.516. The fourth-order valence-electron chi connectivity index (χ4n) is 2.88. The van der Waals surface area contributed by atoms with Gasteiger partial charge in [0.15, 0.2) is 0 Å². The number of carbonyl (C=O) groups is 1. The lowest BCUT2D eigenvalue weighted by atomic mass is 9.87. The van der Waals surface area contributed by atoms with Gasteiger partial charge in [0.25, 0.3) is 0 Å². The molecule has 5 heteroatoms. The van der Waals surface area contributed by atoms with Gasteiger partial charge >= 0.3 is 5.97 Å². The Hall–Kier alpha value is -3.08. The third-order valence-corrected chi connectivity index (χ3v) is 4.84. The van der Waals surface area contributed by atoms with Crippen molar-refractivity contribution in [3.05, 3.63) is 82.2 Å². The van der Waals surface area contributed by atoms with Crippen LogP contribution in [0.1, 0.15) is 59.3 Å². The Morgan fingerprint density at radius 1 is 0.966 bits per heavy atom. The molecule has 0 atom stereocenters. The summed E-state index contributed by atoms with van der Waals surface area (Å²) in [5.41, 5.74) is 4.56. The number of nitrogens with zero attached hydrogens (tertiary/aromatic N) is 1. The highest BCUT2D eigenvalue weighted by atomic mass is 16.5. The fraction of sp³-hybridized carbons (Fsp3) is 0.333. The van der Waals surface area contributed by atoms with E-state index in [1.165, 1.54) is 5.56 Å². The van der Waals surface area contributed by atoms with Crippen LogP contribution in [0, 0.1) is 13.8 Å². The number of ether oxygens (including phenoxy) is 2. The Labute approximate surface area is 171 Å². The zero-order valence-corrected chi connectivity index (χ0v) is 17.6. The fourth-order valence-corrected chi connectivity index (χ4v) is 2.88. The molecule has 0 bridgehead atoms. The molecule has 0 aliphatic carbocycles. The van der Waals surface area contributed by atoms with E-state index in [2.05, 4.69) is 38.1 Å². The predicted molar refractivity (Wildman–Crippen MR) is 111 cm³/mol. The van der Waals surface area contributed by atoms with E-state index in [1.807, 2.05) is 26.0 Å². The first-order chi connectivity index (χ1) is 13.7. The van der Waals surface area contributed by atoms with Gasteiger partial charge in [0, 0.05) is 0 Å². The van der Waals surface area contributed by atoms with E-state index in [4.69, 9.17) is 14.0 Å². The molecule has 0 N–H and O–H groups in total. The Bertz CT molecular complexity index is 944. The first kappa shape index (κ1) is 20.6. The largest absolute Gasteiger partial charge is 0.489 e. The number of aryl methyl sites for hydroxylation is 2. The number of hydrogen-bond acceptors (Lipinski definition) is 5. The maximum absolute atomic E-state index is 12.3. The van der Waals surface area contributed by atoms with E-state index < -0.39 is 0 Å². The van der Waals surface area contributed by atoms with E-state index in [0.29, 0.717) is 17.9 Å². The minimum absolute atomic E-state index is 0.102. The maximum Gasteiger partial charge on any atom is 0.338 e. The molecule has 3 rings (SSSR count). The van der Waals surface area contributed by atoms with Crippen LogP contribution in [0.4, 0.5) is 0 Å². The van der Waals surface area contributed by atoms with Crippen molar-refractivity contribution in [3.8, 4) is 5.75 Å². The second kappa shape index (κ2) is 8.52. The summed E-state index contributed by atoms with van der Waals surface area (Å²) in [5, 5.41) is 3.91. The highest BCUT2D eigenvalue weighted by Gasteiger charge is 2.14. The van der Waals surface area contributed by atoms with Crippen molar-refractivity contribution in [2.24, 2.45) is 0 Å². The Morgan fingerprint density at radius 2 is 1.62 bits per heavy atom. The molecule has 29 heavy (non-hydrogen) atoms. The lowest BCUT2D eigenvalue weighted by molar-refractivity contribution is 0.0472. The third-order valence-electron chi connectivity index (χ3n) is 4.84. The van der Waals surface area contributed by atoms with Crippen LogP contribution < -0.4 is 4.74 Å². The third kappa shape index (κ3) is 5.25. The van der Waals surface area contributed by atoms with Crippen molar-refractivity contribution in [3.63, 3.8) is 0 Å². The molecule has 0 saturated heterocycles. The molecule has 1 heterocycles. The van der Waals surface area contributed by atoms with Crippen LogP contribution in [-0.4, -0.2) is 11.1 Å². The van der Waals surface area contributed by atoms with Gasteiger partial charge in [-0.3, -0.25) is 0 Å². The second-order valence-corrected chi connectivity index (χ2v) is 8.14. The molecule has 0 radical (unpaired) electrons. The lowest BCUT2D eigenvalue weighted by Crippen LogP contribution is -2.11. The van der Waals surface area contributed by atoms with Crippen molar-refractivity contribution >= 4 is 5.97 Å². The van der Waals surface area contributed by atoms with Crippen LogP contribution in [0.15, 0.2) is 53.1 Å². The molecule has 152 valence electrons. The molecule has 0 unspecified atom stereocenters. The van der Waals surface area contributed by atoms with E-state index in [0.717, 1.165) is 22.6 Å². The average molecular weight is 393 g/mol. The molecule has 5 nitrogen and oxygen atoms in total. The summed E-state index contributed by atoms with van der Waals surface area (Å²) < 4.78 is 16.3. The molecule has 0 aliphatic heterocycles. The van der Waals surface area contributed by atoms with Gasteiger partial charge in [-0.25, -0.2) is 4.79 Å². The molecule has 0 amide bonds. The normalized spacial score (nSPS) is 11.3. The Morgan fingerprint density at radius 3 is 2.17 bits per heavy atom. The zero-order valence-electron chi connectivity index (χ0n) is 17.6. The number of benzene rings is 2. The number of carbonyl (C=O) groups excluding carboxylic acids is 1. The lowest BCUT2D eigenvalue weighted by Gasteiger charge is -2.19. The van der Waals surface area contributed by atoms with Crippen molar-refractivity contribution < 1.29 is 18.8 Å². The van der Waals surface area contributed by atoms with E-state index in [9.17, 15) is 4.79 Å². The molecule has 0 saturated carbocycles. The molecule has 0 spiro atoms. The minimum Gasteiger partial charge on any atom is -0.489 e. The maximum atomic E-state index is 12.3. The monoisotopic (exact) mass is 393 g/mol. The first-order valence-corrected chi connectivity index (χ1v) is 9.65. The van der Waals surface area contributed by atoms with Gasteiger partial charge in [-0.1, -0.05) is 50.2 Å². The average Bonchev–Trinajstić information content (AvgIpc) is 3.02. The van der Waals surface area contributed by atoms with Gasteiger partial charge in [0.05, 0.1) is 16.8 Å². The molecule has 2 aromatic carbocycles. The molecule has 1 aromatic heterocycles. The summed E-state index contributed by atoms with van der Waals surface area (Å²) in [6.45, 7) is 10.9. The summed E-state index contributed by atoms with van der Waals surface area (Å²) >= 11 is 0. The van der Waals surface area contributed by atoms with Crippen molar-refractivity contribution in [1.29, 1.82) is 0 Å². The van der Waals surface area contributed by atoms with E-state index in [-0.39, 0.29) is 18.0 Å². The topological polar surface area (TPSA) is 61.6 Å². The Balaban J connectivity index is 1.53. The van der Waals surface area contributed by atoms with Gasteiger partial charge in [-0.2, -0.15) is 0 Å². The Kier molecular flexibility index (Phi) is 6.06. The summed E-state index contributed by atoms with van der Waals surface area (Å²) in [5.74, 6) is 1.06. The van der Waals surface area contributed by atoms with E-state index >= 15 is 0 Å². The predicted octanol–water partition coefficient (Wildman–Crippen LogP) is 5.52. The number of rotatable bonds is 6. The first-order valence-electron chi connectivity index (χ1n) is 9.65. The van der Waals surface area contributed by atoms with Gasteiger partial charge in [-0.05, 0) is 54.7 Å². The van der Waals surface area contributed by atoms with Crippen LogP contribution in [0.3, 0.4) is 0 Å². The molecular weight excluding hydrogens is 366 g/mol. The van der Waals surface area contributed by atoms with Crippen molar-refractivity contribution in [1.82, 2.24) is 5.16 Å². The van der Waals surface area contributed by atoms with Crippen LogP contribution in [-0.2, 0) is 23.4 Å². The number of esters is 1. The summed E-state index contributed by atoms with van der Waals surface area (Å²) in [6, 6.07) is 15.1. The molecule has 3 aromatic rings. The highest BCUT2D eigenvalue weighted by molar-refractivity contribution is 5.89. The minimum atomic E-state index is -0.359. The second-order valence-electron chi connectivity index (χ2n) is 8.14. The number of hydrogen-bond donors (Lipinski definition) is 0. The zero-order chi connectivity index (χ0) is 21.0. The van der Waals surface area contributed by atoms with Crippen LogP contribution in [0.5, 0.6) is 5.75 Å². The molecular formula is C24H27NO4. The standard InChI is InChI=1S/C24H27NO4/c1-16-22(17(2)29-25-16)15-27-21-12-8-19(9-13-21)23(26)28-14-18-6-10-20(11-7-18)24(3,4)5/h6-13H,14-15H2,1-5H3. The van der Waals surface area contributed by atoms with Crippen molar-refractivity contribution in [2.45, 2.75) is 53.2 Å². The van der Waals surface area contributed by atoms with E-state index in [1.54, 1.807) is 24.3 Å². The summed E-state index contributed by atoms with van der Waals surface area (Å²) in [7, 11) is 0. The summed E-state index contributed by atoms with van der Waals surface area (Å²) in [6.07, 6.45) is 0. The van der Waals surface area contributed by atoms with Gasteiger partial charge in [0.2, 0.25) is 0 Å². The van der Waals surface area contributed by atoms with Gasteiger partial charge in [-0.15, -0.1) is 0 Å². The summed E-state index contributed by atoms with van der Waals surface area (Å²) in [4.78, 5) is 12.3. The SMILES string of the molecule is Cc1noc(C)c1COc1ccc(C(=O)OCc2ccc(C(C)(C)C)cc2)cc1. The van der Waals surface area contributed by atoms with Gasteiger partial charge in [0.1, 0.15) is 24.7 Å². The number of aromatic nitrogens is 1. The van der Waals surface area contributed by atoms with Crippen LogP contribution >= 0.6 is 0 Å².